The van der Waals surface area contributed by atoms with Crippen LogP contribution in [0.25, 0.3) is 0 Å². The lowest BCUT2D eigenvalue weighted by Crippen LogP contribution is -2.65. The van der Waals surface area contributed by atoms with Gasteiger partial charge in [0, 0.05) is 42.7 Å². The molecule has 2 saturated heterocycles. The second-order valence-corrected chi connectivity index (χ2v) is 6.85. The van der Waals surface area contributed by atoms with Gasteiger partial charge in [-0.3, -0.25) is 0 Å². The molecule has 0 saturated carbocycles. The smallest absolute Gasteiger partial charge is 0.187 e. The van der Waals surface area contributed by atoms with E-state index in [1.54, 1.807) is 21.3 Å². The van der Waals surface area contributed by atoms with Gasteiger partial charge in [0.2, 0.25) is 0 Å². The van der Waals surface area contributed by atoms with Crippen molar-refractivity contribution in [2.45, 2.75) is 61.4 Å². The Morgan fingerprint density at radius 3 is 1.69 bits per heavy atom. The zero-order valence-corrected chi connectivity index (χ0v) is 17.8. The molecule has 0 amide bonds. The zero-order chi connectivity index (χ0) is 21.6. The maximum Gasteiger partial charge on any atom is 0.187 e. The van der Waals surface area contributed by atoms with Crippen molar-refractivity contribution in [2.75, 3.05) is 55.9 Å². The van der Waals surface area contributed by atoms with Crippen molar-refractivity contribution in [3.8, 4) is 0 Å². The van der Waals surface area contributed by atoms with Crippen LogP contribution in [-0.2, 0) is 42.6 Å². The average molecular weight is 426 g/mol. The summed E-state index contributed by atoms with van der Waals surface area (Å²) in [5, 5.41) is 19.9. The first kappa shape index (κ1) is 24.8. The largest absolute Gasteiger partial charge is 0.394 e. The van der Waals surface area contributed by atoms with Crippen LogP contribution < -0.4 is 0 Å². The van der Waals surface area contributed by atoms with E-state index in [4.69, 9.17) is 42.6 Å². The number of aliphatic hydroxyl groups is 2. The van der Waals surface area contributed by atoms with Gasteiger partial charge < -0.3 is 52.8 Å². The summed E-state index contributed by atoms with van der Waals surface area (Å²) in [6, 6.07) is 0. The number of methoxy groups -OCH3 is 6. The van der Waals surface area contributed by atoms with E-state index in [0.29, 0.717) is 0 Å². The molecule has 0 unspecified atom stereocenters. The Labute approximate surface area is 171 Å². The highest BCUT2D eigenvalue weighted by atomic mass is 16.7. The molecular weight excluding hydrogens is 392 g/mol. The normalized spacial score (nSPS) is 43.4. The number of ether oxygens (including phenoxy) is 9. The monoisotopic (exact) mass is 426 g/mol. The van der Waals surface area contributed by atoms with Crippen LogP contribution in [-0.4, -0.2) is 127 Å². The third kappa shape index (κ3) is 5.25. The van der Waals surface area contributed by atoms with Crippen molar-refractivity contribution in [3.63, 3.8) is 0 Å². The summed E-state index contributed by atoms with van der Waals surface area (Å²) in [5.41, 5.74) is 0. The van der Waals surface area contributed by atoms with Gasteiger partial charge in [0.1, 0.15) is 48.8 Å². The third-order valence-corrected chi connectivity index (χ3v) is 5.36. The van der Waals surface area contributed by atoms with Crippen LogP contribution in [0, 0.1) is 0 Å². The molecule has 0 aromatic heterocycles. The fraction of sp³-hybridized carbons (Fsp3) is 1.00. The molecule has 0 radical (unpaired) electrons. The highest BCUT2D eigenvalue weighted by Gasteiger charge is 2.52. The molecule has 10 atom stereocenters. The molecular formula is C18H34O11. The summed E-state index contributed by atoms with van der Waals surface area (Å²) in [6.07, 6.45) is -7.54. The van der Waals surface area contributed by atoms with Gasteiger partial charge in [-0.15, -0.1) is 0 Å². The molecule has 29 heavy (non-hydrogen) atoms. The summed E-state index contributed by atoms with van der Waals surface area (Å²) >= 11 is 0. The third-order valence-electron chi connectivity index (χ3n) is 5.36. The second-order valence-electron chi connectivity index (χ2n) is 6.85. The van der Waals surface area contributed by atoms with E-state index in [1.807, 2.05) is 0 Å². The topological polar surface area (TPSA) is 124 Å². The SMILES string of the molecule is COC[C@H]1O[C@H](O[C@H]2[C@H](OC)[C@@H](OC)[C@H](O)O[C@@H]2CO)[C@H](OC)[C@@H](OC)[C@@H]1OC. The number of hydrogen-bond donors (Lipinski definition) is 2. The van der Waals surface area contributed by atoms with E-state index in [0.717, 1.165) is 0 Å². The van der Waals surface area contributed by atoms with Crippen LogP contribution in [0.3, 0.4) is 0 Å². The summed E-state index contributed by atoms with van der Waals surface area (Å²) in [6.45, 7) is -0.162. The zero-order valence-electron chi connectivity index (χ0n) is 17.8. The minimum atomic E-state index is -1.28. The van der Waals surface area contributed by atoms with Gasteiger partial charge in [-0.2, -0.15) is 0 Å². The highest BCUT2D eigenvalue weighted by Crippen LogP contribution is 2.33. The molecule has 2 fully saturated rings. The Kier molecular flexibility index (Phi) is 10.1. The van der Waals surface area contributed by atoms with E-state index < -0.39 is 68.0 Å². The summed E-state index contributed by atoms with van der Waals surface area (Å²) < 4.78 is 50.6. The number of rotatable bonds is 10. The Morgan fingerprint density at radius 2 is 1.21 bits per heavy atom. The minimum absolute atomic E-state index is 0.242. The van der Waals surface area contributed by atoms with Gasteiger partial charge in [-0.25, -0.2) is 0 Å². The molecule has 11 nitrogen and oxygen atoms in total. The molecule has 0 aromatic carbocycles. The Morgan fingerprint density at radius 1 is 0.655 bits per heavy atom. The van der Waals surface area contributed by atoms with E-state index in [-0.39, 0.29) is 6.61 Å². The predicted octanol–water partition coefficient (Wildman–Crippen LogP) is -1.47. The molecule has 2 aliphatic rings. The lowest BCUT2D eigenvalue weighted by Gasteiger charge is -2.48. The quantitative estimate of drug-likeness (QED) is 0.425. The van der Waals surface area contributed by atoms with Crippen molar-refractivity contribution in [2.24, 2.45) is 0 Å². The lowest BCUT2D eigenvalue weighted by molar-refractivity contribution is -0.363. The molecule has 2 N–H and O–H groups in total. The maximum atomic E-state index is 10.1. The first-order valence-corrected chi connectivity index (χ1v) is 9.39. The predicted molar refractivity (Wildman–Crippen MR) is 97.4 cm³/mol. The fourth-order valence-electron chi connectivity index (χ4n) is 3.97. The van der Waals surface area contributed by atoms with Gasteiger partial charge >= 0.3 is 0 Å². The van der Waals surface area contributed by atoms with Crippen molar-refractivity contribution < 1.29 is 52.8 Å². The number of hydrogen-bond acceptors (Lipinski definition) is 11. The van der Waals surface area contributed by atoms with Crippen LogP contribution in [0.5, 0.6) is 0 Å². The average Bonchev–Trinajstić information content (AvgIpc) is 2.73. The Hall–Kier alpha value is -0.440. The van der Waals surface area contributed by atoms with E-state index in [9.17, 15) is 10.2 Å². The van der Waals surface area contributed by atoms with Crippen molar-refractivity contribution in [1.29, 1.82) is 0 Å². The second kappa shape index (κ2) is 11.8. The molecule has 172 valence electrons. The summed E-state index contributed by atoms with van der Waals surface area (Å²) in [7, 11) is 9.05. The standard InChI is InChI=1S/C18H34O11/c1-21-8-10-11(22-2)13(23-3)16(26-6)18(28-10)29-12-9(7-19)27-17(20)15(25-5)14(12)24-4/h9-20H,7-8H2,1-6H3/t9-,10-,11-,12-,13+,14+,15-,16-,17-,18-/m1/s1. The lowest BCUT2D eigenvalue weighted by atomic mass is 9.96. The van der Waals surface area contributed by atoms with Crippen LogP contribution in [0.2, 0.25) is 0 Å². The van der Waals surface area contributed by atoms with Crippen molar-refractivity contribution in [1.82, 2.24) is 0 Å². The van der Waals surface area contributed by atoms with Crippen LogP contribution in [0.1, 0.15) is 0 Å². The number of aliphatic hydroxyl groups excluding tert-OH is 2. The molecule has 0 aliphatic carbocycles. The molecule has 0 spiro atoms. The van der Waals surface area contributed by atoms with Crippen LogP contribution >= 0.6 is 0 Å². The fourth-order valence-corrected chi connectivity index (χ4v) is 3.97. The molecule has 2 heterocycles. The molecule has 2 aliphatic heterocycles. The molecule has 11 heteroatoms. The van der Waals surface area contributed by atoms with Crippen molar-refractivity contribution in [3.05, 3.63) is 0 Å². The van der Waals surface area contributed by atoms with Gasteiger partial charge in [0.25, 0.3) is 0 Å². The summed E-state index contributed by atoms with van der Waals surface area (Å²) in [5.74, 6) is 0. The van der Waals surface area contributed by atoms with Gasteiger partial charge in [-0.1, -0.05) is 0 Å². The molecule has 0 aromatic rings. The van der Waals surface area contributed by atoms with E-state index >= 15 is 0 Å². The van der Waals surface area contributed by atoms with Gasteiger partial charge in [0.05, 0.1) is 13.2 Å². The van der Waals surface area contributed by atoms with E-state index in [1.165, 1.54) is 21.3 Å². The van der Waals surface area contributed by atoms with Crippen molar-refractivity contribution >= 4 is 0 Å². The Bertz CT molecular complexity index is 467. The first-order valence-electron chi connectivity index (χ1n) is 9.39. The van der Waals surface area contributed by atoms with E-state index in [2.05, 4.69) is 0 Å². The van der Waals surface area contributed by atoms with Crippen LogP contribution in [0.4, 0.5) is 0 Å². The van der Waals surface area contributed by atoms with Crippen LogP contribution in [0.15, 0.2) is 0 Å². The van der Waals surface area contributed by atoms with Gasteiger partial charge in [-0.05, 0) is 0 Å². The minimum Gasteiger partial charge on any atom is -0.394 e. The first-order chi connectivity index (χ1) is 14.0. The summed E-state index contributed by atoms with van der Waals surface area (Å²) in [4.78, 5) is 0. The highest BCUT2D eigenvalue weighted by molar-refractivity contribution is 4.96. The molecule has 2 rings (SSSR count). The molecule has 0 bridgehead atoms. The Balaban J connectivity index is 2.29. The maximum absolute atomic E-state index is 10.1. The van der Waals surface area contributed by atoms with Gasteiger partial charge in [0.15, 0.2) is 12.6 Å².